The SMILES string of the molecule is CCOCCNC(=NC)NCC(=O)N1CCc2ccccc2C1.I. The number of rotatable bonds is 6. The first-order chi connectivity index (χ1) is 11.2. The van der Waals surface area contributed by atoms with Gasteiger partial charge in [0.05, 0.1) is 13.2 Å². The van der Waals surface area contributed by atoms with Crippen molar-refractivity contribution in [1.29, 1.82) is 0 Å². The third kappa shape index (κ3) is 6.27. The number of hydrogen-bond acceptors (Lipinski definition) is 3. The molecule has 24 heavy (non-hydrogen) atoms. The van der Waals surface area contributed by atoms with Gasteiger partial charge >= 0.3 is 0 Å². The van der Waals surface area contributed by atoms with Gasteiger partial charge in [-0.25, -0.2) is 0 Å². The minimum atomic E-state index is 0. The van der Waals surface area contributed by atoms with E-state index >= 15 is 0 Å². The summed E-state index contributed by atoms with van der Waals surface area (Å²) in [6, 6.07) is 8.31. The van der Waals surface area contributed by atoms with Crippen molar-refractivity contribution in [3.05, 3.63) is 35.4 Å². The van der Waals surface area contributed by atoms with Crippen molar-refractivity contribution in [2.75, 3.05) is 39.9 Å². The summed E-state index contributed by atoms with van der Waals surface area (Å²) in [5.74, 6) is 0.711. The zero-order chi connectivity index (χ0) is 16.5. The number of amides is 1. The molecule has 2 N–H and O–H groups in total. The minimum absolute atomic E-state index is 0. The lowest BCUT2D eigenvalue weighted by molar-refractivity contribution is -0.130. The Morgan fingerprint density at radius 1 is 1.29 bits per heavy atom. The normalized spacial score (nSPS) is 13.8. The highest BCUT2D eigenvalue weighted by molar-refractivity contribution is 14.0. The van der Waals surface area contributed by atoms with Gasteiger partial charge in [-0.05, 0) is 24.5 Å². The molecule has 0 aliphatic carbocycles. The van der Waals surface area contributed by atoms with Crippen molar-refractivity contribution in [1.82, 2.24) is 15.5 Å². The molecule has 1 heterocycles. The monoisotopic (exact) mass is 446 g/mol. The lowest BCUT2D eigenvalue weighted by Crippen LogP contribution is -2.46. The van der Waals surface area contributed by atoms with Crippen LogP contribution in [0.5, 0.6) is 0 Å². The highest BCUT2D eigenvalue weighted by Gasteiger charge is 2.20. The molecular formula is C17H27IN4O2. The zero-order valence-corrected chi connectivity index (χ0v) is 16.7. The van der Waals surface area contributed by atoms with Gasteiger partial charge in [-0.15, -0.1) is 24.0 Å². The smallest absolute Gasteiger partial charge is 0.242 e. The second kappa shape index (κ2) is 11.2. The molecule has 0 spiro atoms. The number of benzene rings is 1. The van der Waals surface area contributed by atoms with Crippen LogP contribution in [-0.4, -0.2) is 56.7 Å². The Balaban J connectivity index is 0.00000288. The fourth-order valence-electron chi connectivity index (χ4n) is 2.59. The van der Waals surface area contributed by atoms with Gasteiger partial charge in [0, 0.05) is 33.3 Å². The number of halogens is 1. The Morgan fingerprint density at radius 2 is 2.04 bits per heavy atom. The topological polar surface area (TPSA) is 66.0 Å². The van der Waals surface area contributed by atoms with Crippen LogP contribution in [0.15, 0.2) is 29.3 Å². The van der Waals surface area contributed by atoms with Crippen LogP contribution in [-0.2, 0) is 22.5 Å². The van der Waals surface area contributed by atoms with Gasteiger partial charge < -0.3 is 20.3 Å². The zero-order valence-electron chi connectivity index (χ0n) is 14.4. The summed E-state index contributed by atoms with van der Waals surface area (Å²) in [6.07, 6.45) is 0.920. The Labute approximate surface area is 161 Å². The quantitative estimate of drug-likeness (QED) is 0.300. The summed E-state index contributed by atoms with van der Waals surface area (Å²) in [5.41, 5.74) is 2.59. The van der Waals surface area contributed by atoms with E-state index in [1.165, 1.54) is 11.1 Å². The third-order valence-corrected chi connectivity index (χ3v) is 3.86. The number of nitrogens with one attached hydrogen (secondary N) is 2. The van der Waals surface area contributed by atoms with E-state index < -0.39 is 0 Å². The first kappa shape index (κ1) is 20.7. The molecule has 2 rings (SSSR count). The molecule has 0 aromatic heterocycles. The molecule has 7 heteroatoms. The van der Waals surface area contributed by atoms with Crippen molar-refractivity contribution >= 4 is 35.8 Å². The highest BCUT2D eigenvalue weighted by Crippen LogP contribution is 2.18. The van der Waals surface area contributed by atoms with Gasteiger partial charge in [-0.3, -0.25) is 9.79 Å². The summed E-state index contributed by atoms with van der Waals surface area (Å²) in [5, 5.41) is 6.18. The molecule has 134 valence electrons. The van der Waals surface area contributed by atoms with Crippen LogP contribution in [0.3, 0.4) is 0 Å². The average molecular weight is 446 g/mol. The van der Waals surface area contributed by atoms with Crippen LogP contribution < -0.4 is 10.6 Å². The first-order valence-electron chi connectivity index (χ1n) is 8.11. The highest BCUT2D eigenvalue weighted by atomic mass is 127. The molecule has 1 aromatic rings. The summed E-state index contributed by atoms with van der Waals surface area (Å²) in [4.78, 5) is 18.4. The van der Waals surface area contributed by atoms with E-state index in [0.717, 1.165) is 13.0 Å². The molecule has 1 amide bonds. The predicted molar refractivity (Wildman–Crippen MR) is 107 cm³/mol. The van der Waals surface area contributed by atoms with Crippen LogP contribution in [0, 0.1) is 0 Å². The number of fused-ring (bicyclic) bond motifs is 1. The standard InChI is InChI=1S/C17H26N4O2.HI/c1-3-23-11-9-19-17(18-2)20-12-16(22)21-10-8-14-6-4-5-7-15(14)13-21;/h4-7H,3,8-13H2,1-2H3,(H2,18,19,20);1H. The van der Waals surface area contributed by atoms with Crippen molar-refractivity contribution in [3.8, 4) is 0 Å². The number of carbonyl (C=O) groups excluding carboxylic acids is 1. The molecule has 0 saturated heterocycles. The maximum atomic E-state index is 12.4. The predicted octanol–water partition coefficient (Wildman–Crippen LogP) is 1.39. The van der Waals surface area contributed by atoms with Crippen LogP contribution in [0.2, 0.25) is 0 Å². The van der Waals surface area contributed by atoms with Gasteiger partial charge in [-0.2, -0.15) is 0 Å². The van der Waals surface area contributed by atoms with Crippen molar-refractivity contribution in [2.45, 2.75) is 19.9 Å². The lowest BCUT2D eigenvalue weighted by Gasteiger charge is -2.29. The third-order valence-electron chi connectivity index (χ3n) is 3.86. The fraction of sp³-hybridized carbons (Fsp3) is 0.529. The first-order valence-corrected chi connectivity index (χ1v) is 8.11. The number of hydrogen-bond donors (Lipinski definition) is 2. The molecule has 1 aliphatic heterocycles. The van der Waals surface area contributed by atoms with E-state index in [1.807, 2.05) is 17.9 Å². The van der Waals surface area contributed by atoms with Crippen LogP contribution >= 0.6 is 24.0 Å². The van der Waals surface area contributed by atoms with Gasteiger partial charge in [0.1, 0.15) is 0 Å². The van der Waals surface area contributed by atoms with Gasteiger partial charge in [0.2, 0.25) is 5.91 Å². The maximum Gasteiger partial charge on any atom is 0.242 e. The molecule has 0 unspecified atom stereocenters. The van der Waals surface area contributed by atoms with E-state index in [4.69, 9.17) is 4.74 Å². The Bertz CT molecular complexity index is 551. The second-order valence-electron chi connectivity index (χ2n) is 5.38. The molecule has 0 saturated carbocycles. The Morgan fingerprint density at radius 3 is 2.75 bits per heavy atom. The van der Waals surface area contributed by atoms with Crippen molar-refractivity contribution in [2.24, 2.45) is 4.99 Å². The average Bonchev–Trinajstić information content (AvgIpc) is 2.60. The summed E-state index contributed by atoms with van der Waals surface area (Å²) in [6.45, 7) is 5.65. The summed E-state index contributed by atoms with van der Waals surface area (Å²) < 4.78 is 5.26. The molecule has 0 fully saturated rings. The molecular weight excluding hydrogens is 419 g/mol. The number of guanidine groups is 1. The van der Waals surface area contributed by atoms with Crippen molar-refractivity contribution in [3.63, 3.8) is 0 Å². The molecule has 0 atom stereocenters. The van der Waals surface area contributed by atoms with Crippen molar-refractivity contribution < 1.29 is 9.53 Å². The van der Waals surface area contributed by atoms with Crippen LogP contribution in [0.4, 0.5) is 0 Å². The number of carbonyl (C=O) groups is 1. The van der Waals surface area contributed by atoms with Gasteiger partial charge in [0.25, 0.3) is 0 Å². The van der Waals surface area contributed by atoms with E-state index in [1.54, 1.807) is 7.05 Å². The summed E-state index contributed by atoms with van der Waals surface area (Å²) >= 11 is 0. The number of nitrogens with zero attached hydrogens (tertiary/aromatic N) is 2. The van der Waals surface area contributed by atoms with Gasteiger partial charge in [0.15, 0.2) is 5.96 Å². The fourth-order valence-corrected chi connectivity index (χ4v) is 2.59. The number of ether oxygens (including phenoxy) is 1. The van der Waals surface area contributed by atoms with E-state index in [0.29, 0.717) is 32.3 Å². The maximum absolute atomic E-state index is 12.4. The largest absolute Gasteiger partial charge is 0.380 e. The van der Waals surface area contributed by atoms with E-state index in [-0.39, 0.29) is 36.4 Å². The second-order valence-corrected chi connectivity index (χ2v) is 5.38. The summed E-state index contributed by atoms with van der Waals surface area (Å²) in [7, 11) is 1.69. The molecule has 0 bridgehead atoms. The molecule has 1 aromatic carbocycles. The Hall–Kier alpha value is -1.35. The van der Waals surface area contributed by atoms with Gasteiger partial charge in [-0.1, -0.05) is 24.3 Å². The molecule has 0 radical (unpaired) electrons. The Kier molecular flexibility index (Phi) is 9.70. The number of aliphatic imine (C=N–C) groups is 1. The van der Waals surface area contributed by atoms with E-state index in [9.17, 15) is 4.79 Å². The lowest BCUT2D eigenvalue weighted by atomic mass is 10.00. The van der Waals surface area contributed by atoms with Crippen LogP contribution in [0.1, 0.15) is 18.1 Å². The minimum Gasteiger partial charge on any atom is -0.380 e. The molecule has 6 nitrogen and oxygen atoms in total. The van der Waals surface area contributed by atoms with E-state index in [2.05, 4.69) is 33.8 Å². The van der Waals surface area contributed by atoms with Crippen LogP contribution in [0.25, 0.3) is 0 Å². The molecule has 1 aliphatic rings.